The van der Waals surface area contributed by atoms with E-state index in [1.54, 1.807) is 20.2 Å². The van der Waals surface area contributed by atoms with Crippen LogP contribution in [0.25, 0.3) is 11.3 Å². The summed E-state index contributed by atoms with van der Waals surface area (Å²) in [6, 6.07) is 15.5. The first-order valence-corrected chi connectivity index (χ1v) is 12.0. The number of amides is 1. The summed E-state index contributed by atoms with van der Waals surface area (Å²) in [5.41, 5.74) is 4.41. The lowest BCUT2D eigenvalue weighted by molar-refractivity contribution is -0.117. The highest BCUT2D eigenvalue weighted by molar-refractivity contribution is 5.93. The number of aryl methyl sites for hydroxylation is 2. The fourth-order valence-corrected chi connectivity index (χ4v) is 4.57. The fourth-order valence-electron chi connectivity index (χ4n) is 4.57. The number of fused-ring (bicyclic) bond motifs is 1. The summed E-state index contributed by atoms with van der Waals surface area (Å²) < 4.78 is 1.49. The molecule has 1 unspecified atom stereocenters. The minimum absolute atomic E-state index is 0.00468. The number of carbonyl (C=O) groups is 1. The first kappa shape index (κ1) is 24.8. The molecule has 3 aromatic rings. The topological polar surface area (TPSA) is 108 Å². The molecule has 1 heterocycles. The van der Waals surface area contributed by atoms with Crippen molar-refractivity contribution in [3.8, 4) is 11.3 Å². The molecule has 0 aliphatic heterocycles. The molecule has 1 aliphatic rings. The number of carbonyl (C=O) groups excluding carboxylic acids is 1. The Morgan fingerprint density at radius 1 is 1.20 bits per heavy atom. The molecule has 0 fully saturated rings. The standard InChI is InChI=1S/C27H33N5O3/c1-17-9-4-6-12-20(17)23-15-29-25(31-26(34)18(2)28-3)27(35)32(23)16-24(33)30-22-14-8-11-19-10-5-7-13-21(19)22/h4-7,9-10,12-13,15,18,22,24,28,30,33H,8,11,14,16H2,1-3H3,(H,29,31,34)/t18-,22+,24?/m0/s1. The fraction of sp³-hybridized carbons (Fsp3) is 0.370. The number of hydrogen-bond acceptors (Lipinski definition) is 6. The Morgan fingerprint density at radius 2 is 1.94 bits per heavy atom. The van der Waals surface area contributed by atoms with Crippen LogP contribution < -0.4 is 21.5 Å². The first-order valence-electron chi connectivity index (χ1n) is 12.0. The van der Waals surface area contributed by atoms with E-state index in [9.17, 15) is 14.7 Å². The molecule has 1 amide bonds. The van der Waals surface area contributed by atoms with E-state index in [-0.39, 0.29) is 24.3 Å². The van der Waals surface area contributed by atoms with Crippen LogP contribution in [0.2, 0.25) is 0 Å². The van der Waals surface area contributed by atoms with E-state index in [0.717, 1.165) is 30.4 Å². The van der Waals surface area contributed by atoms with Crippen LogP contribution in [0.4, 0.5) is 5.82 Å². The normalized spacial score (nSPS) is 16.9. The minimum atomic E-state index is -0.978. The summed E-state index contributed by atoms with van der Waals surface area (Å²) in [5, 5.41) is 19.8. The van der Waals surface area contributed by atoms with E-state index in [1.807, 2.05) is 43.3 Å². The highest BCUT2D eigenvalue weighted by atomic mass is 16.3. The van der Waals surface area contributed by atoms with Gasteiger partial charge in [0.15, 0.2) is 5.82 Å². The van der Waals surface area contributed by atoms with Gasteiger partial charge in [-0.15, -0.1) is 0 Å². The van der Waals surface area contributed by atoms with Crippen molar-refractivity contribution in [1.29, 1.82) is 0 Å². The van der Waals surface area contributed by atoms with Crippen molar-refractivity contribution in [2.24, 2.45) is 0 Å². The van der Waals surface area contributed by atoms with Crippen molar-refractivity contribution in [2.75, 3.05) is 12.4 Å². The Balaban J connectivity index is 1.66. The first-order chi connectivity index (χ1) is 16.9. The summed E-state index contributed by atoms with van der Waals surface area (Å²) in [5.74, 6) is -0.422. The van der Waals surface area contributed by atoms with E-state index in [4.69, 9.17) is 0 Å². The van der Waals surface area contributed by atoms with Crippen LogP contribution in [0.15, 0.2) is 59.5 Å². The van der Waals surface area contributed by atoms with Crippen molar-refractivity contribution in [3.05, 3.63) is 81.8 Å². The van der Waals surface area contributed by atoms with Crippen LogP contribution in [0, 0.1) is 6.92 Å². The number of benzene rings is 2. The summed E-state index contributed by atoms with van der Waals surface area (Å²) in [4.78, 5) is 30.1. The average Bonchev–Trinajstić information content (AvgIpc) is 2.86. The monoisotopic (exact) mass is 475 g/mol. The van der Waals surface area contributed by atoms with Gasteiger partial charge in [0.05, 0.1) is 24.5 Å². The highest BCUT2D eigenvalue weighted by Gasteiger charge is 2.24. The van der Waals surface area contributed by atoms with E-state index in [1.165, 1.54) is 15.7 Å². The minimum Gasteiger partial charge on any atom is -0.377 e. The third-order valence-corrected chi connectivity index (χ3v) is 6.66. The number of likely N-dealkylation sites (N-methyl/N-ethyl adjacent to an activating group) is 1. The molecule has 3 atom stereocenters. The zero-order valence-electron chi connectivity index (χ0n) is 20.4. The molecule has 2 aromatic carbocycles. The van der Waals surface area contributed by atoms with Crippen LogP contribution in [0.5, 0.6) is 0 Å². The zero-order valence-corrected chi connectivity index (χ0v) is 20.4. The predicted octanol–water partition coefficient (Wildman–Crippen LogP) is 2.75. The molecule has 0 spiro atoms. The predicted molar refractivity (Wildman–Crippen MR) is 137 cm³/mol. The van der Waals surface area contributed by atoms with Gasteiger partial charge >= 0.3 is 0 Å². The molecule has 8 nitrogen and oxygen atoms in total. The highest BCUT2D eigenvalue weighted by Crippen LogP contribution is 2.30. The summed E-state index contributed by atoms with van der Waals surface area (Å²) in [7, 11) is 1.67. The maximum Gasteiger partial charge on any atom is 0.294 e. The summed E-state index contributed by atoms with van der Waals surface area (Å²) in [6.45, 7) is 3.67. The zero-order chi connectivity index (χ0) is 24.9. The number of nitrogens with zero attached hydrogens (tertiary/aromatic N) is 2. The van der Waals surface area contributed by atoms with Crippen molar-refractivity contribution >= 4 is 11.7 Å². The van der Waals surface area contributed by atoms with Crippen LogP contribution in [0.3, 0.4) is 0 Å². The second-order valence-electron chi connectivity index (χ2n) is 9.05. The Kier molecular flexibility index (Phi) is 7.75. The third kappa shape index (κ3) is 5.51. The Morgan fingerprint density at radius 3 is 2.71 bits per heavy atom. The summed E-state index contributed by atoms with van der Waals surface area (Å²) in [6.07, 6.45) is 3.57. The maximum absolute atomic E-state index is 13.5. The maximum atomic E-state index is 13.5. The van der Waals surface area contributed by atoms with Gasteiger partial charge in [0.1, 0.15) is 6.23 Å². The lowest BCUT2D eigenvalue weighted by Crippen LogP contribution is -2.42. The number of rotatable bonds is 8. The second kappa shape index (κ2) is 10.9. The number of aromatic nitrogens is 2. The lowest BCUT2D eigenvalue weighted by Gasteiger charge is -2.29. The molecular formula is C27H33N5O3. The van der Waals surface area contributed by atoms with E-state index < -0.39 is 17.8 Å². The number of nitrogens with one attached hydrogen (secondary N) is 3. The SMILES string of the molecule is CN[C@@H](C)C(=O)Nc1ncc(-c2ccccc2C)n(CC(O)N[C@@H]2CCCc3ccccc32)c1=O. The lowest BCUT2D eigenvalue weighted by atomic mass is 9.87. The molecule has 8 heteroatoms. The molecular weight excluding hydrogens is 442 g/mol. The smallest absolute Gasteiger partial charge is 0.294 e. The molecule has 184 valence electrons. The van der Waals surface area contributed by atoms with Crippen molar-refractivity contribution in [2.45, 2.75) is 58.0 Å². The quantitative estimate of drug-likeness (QED) is 0.373. The molecule has 4 rings (SSSR count). The van der Waals surface area contributed by atoms with Gasteiger partial charge in [0.25, 0.3) is 5.56 Å². The molecule has 35 heavy (non-hydrogen) atoms. The van der Waals surface area contributed by atoms with Gasteiger partial charge in [-0.2, -0.15) is 0 Å². The van der Waals surface area contributed by atoms with Crippen LogP contribution >= 0.6 is 0 Å². The molecule has 0 bridgehead atoms. The van der Waals surface area contributed by atoms with Gasteiger partial charge in [-0.05, 0) is 56.8 Å². The summed E-state index contributed by atoms with van der Waals surface area (Å²) >= 11 is 0. The largest absolute Gasteiger partial charge is 0.377 e. The van der Waals surface area contributed by atoms with Gasteiger partial charge in [0, 0.05) is 11.6 Å². The van der Waals surface area contributed by atoms with Gasteiger partial charge < -0.3 is 15.7 Å². The van der Waals surface area contributed by atoms with Gasteiger partial charge in [-0.3, -0.25) is 19.5 Å². The molecule has 1 aliphatic carbocycles. The van der Waals surface area contributed by atoms with Gasteiger partial charge in [0.2, 0.25) is 5.91 Å². The molecule has 0 saturated carbocycles. The van der Waals surface area contributed by atoms with Crippen LogP contribution in [-0.2, 0) is 17.8 Å². The molecule has 0 saturated heterocycles. The molecule has 4 N–H and O–H groups in total. The third-order valence-electron chi connectivity index (χ3n) is 6.66. The Bertz CT molecular complexity index is 1260. The van der Waals surface area contributed by atoms with E-state index in [2.05, 4.69) is 33.1 Å². The Hall–Kier alpha value is -3.33. The number of aliphatic hydroxyl groups excluding tert-OH is 1. The number of anilines is 1. The Labute approximate surface area is 205 Å². The van der Waals surface area contributed by atoms with Gasteiger partial charge in [-0.25, -0.2) is 4.98 Å². The van der Waals surface area contributed by atoms with E-state index in [0.29, 0.717) is 5.69 Å². The van der Waals surface area contributed by atoms with Crippen molar-refractivity contribution in [1.82, 2.24) is 20.2 Å². The second-order valence-corrected chi connectivity index (χ2v) is 9.05. The average molecular weight is 476 g/mol. The van der Waals surface area contributed by atoms with Crippen molar-refractivity contribution in [3.63, 3.8) is 0 Å². The number of hydrogen-bond donors (Lipinski definition) is 4. The van der Waals surface area contributed by atoms with Crippen LogP contribution in [0.1, 0.15) is 42.5 Å². The number of aliphatic hydroxyl groups is 1. The van der Waals surface area contributed by atoms with Crippen LogP contribution in [-0.4, -0.2) is 39.9 Å². The molecule has 1 aromatic heterocycles. The molecule has 0 radical (unpaired) electrons. The van der Waals surface area contributed by atoms with Crippen molar-refractivity contribution < 1.29 is 9.90 Å². The van der Waals surface area contributed by atoms with Gasteiger partial charge in [-0.1, -0.05) is 48.5 Å². The van der Waals surface area contributed by atoms with E-state index >= 15 is 0 Å².